The molecule has 4 heteroatoms. The van der Waals surface area contributed by atoms with Crippen LogP contribution < -0.4 is 4.74 Å². The quantitative estimate of drug-likeness (QED) is 0.734. The van der Waals surface area contributed by atoms with Crippen LogP contribution in [0.4, 0.5) is 4.39 Å². The van der Waals surface area contributed by atoms with Gasteiger partial charge in [0.25, 0.3) is 0 Å². The first-order valence-corrected chi connectivity index (χ1v) is 4.06. The summed E-state index contributed by atoms with van der Waals surface area (Å²) in [5.41, 5.74) is 0.753. The molecule has 0 aliphatic carbocycles. The van der Waals surface area contributed by atoms with Crippen LogP contribution in [0.1, 0.15) is 0 Å². The van der Waals surface area contributed by atoms with Crippen LogP contribution in [0.2, 0.25) is 0 Å². The molecule has 0 N–H and O–H groups in total. The second-order valence-electron chi connectivity index (χ2n) is 2.70. The number of rotatable bonds is 2. The third-order valence-electron chi connectivity index (χ3n) is 1.89. The standard InChI is InChI=1S/C10H8FNO2/c1-13-9-4-2-3-7(11)10(9)8-5-6-14-12-8/h2-6H,1H3. The number of nitrogens with zero attached hydrogens (tertiary/aromatic N) is 1. The summed E-state index contributed by atoms with van der Waals surface area (Å²) < 4.78 is 23.1. The van der Waals surface area contributed by atoms with Crippen molar-refractivity contribution in [3.8, 4) is 17.0 Å². The minimum Gasteiger partial charge on any atom is -0.496 e. The molecule has 0 saturated carbocycles. The van der Waals surface area contributed by atoms with Crippen molar-refractivity contribution in [3.63, 3.8) is 0 Å². The number of hydrogen-bond donors (Lipinski definition) is 0. The van der Waals surface area contributed by atoms with Crippen molar-refractivity contribution in [1.29, 1.82) is 0 Å². The van der Waals surface area contributed by atoms with Gasteiger partial charge in [-0.2, -0.15) is 0 Å². The fourth-order valence-corrected chi connectivity index (χ4v) is 1.26. The van der Waals surface area contributed by atoms with Crippen molar-refractivity contribution < 1.29 is 13.7 Å². The lowest BCUT2D eigenvalue weighted by atomic mass is 10.1. The van der Waals surface area contributed by atoms with E-state index in [2.05, 4.69) is 9.68 Å². The third-order valence-corrected chi connectivity index (χ3v) is 1.89. The first kappa shape index (κ1) is 8.74. The van der Waals surface area contributed by atoms with Crippen LogP contribution in [-0.4, -0.2) is 12.3 Å². The Balaban J connectivity index is 2.61. The predicted molar refractivity (Wildman–Crippen MR) is 48.4 cm³/mol. The highest BCUT2D eigenvalue weighted by Gasteiger charge is 2.13. The van der Waals surface area contributed by atoms with Crippen molar-refractivity contribution in [1.82, 2.24) is 5.16 Å². The summed E-state index contributed by atoms with van der Waals surface area (Å²) in [4.78, 5) is 0. The molecule has 2 rings (SSSR count). The van der Waals surface area contributed by atoms with Crippen molar-refractivity contribution in [2.24, 2.45) is 0 Å². The minimum absolute atomic E-state index is 0.323. The van der Waals surface area contributed by atoms with Gasteiger partial charge in [-0.1, -0.05) is 11.2 Å². The molecule has 14 heavy (non-hydrogen) atoms. The minimum atomic E-state index is -0.377. The Morgan fingerprint density at radius 3 is 2.86 bits per heavy atom. The molecule has 72 valence electrons. The molecule has 0 bridgehead atoms. The van der Waals surface area contributed by atoms with E-state index in [0.29, 0.717) is 17.0 Å². The van der Waals surface area contributed by atoms with Gasteiger partial charge in [0, 0.05) is 6.07 Å². The first-order chi connectivity index (χ1) is 6.83. The predicted octanol–water partition coefficient (Wildman–Crippen LogP) is 2.49. The topological polar surface area (TPSA) is 35.3 Å². The first-order valence-electron chi connectivity index (χ1n) is 4.06. The smallest absolute Gasteiger partial charge is 0.136 e. The zero-order chi connectivity index (χ0) is 9.97. The Kier molecular flexibility index (Phi) is 2.18. The molecule has 0 spiro atoms. The highest BCUT2D eigenvalue weighted by molar-refractivity contribution is 5.67. The fraction of sp³-hybridized carbons (Fsp3) is 0.100. The van der Waals surface area contributed by atoms with Crippen LogP contribution in [0.5, 0.6) is 5.75 Å². The molecule has 2 aromatic rings. The van der Waals surface area contributed by atoms with E-state index in [1.54, 1.807) is 18.2 Å². The highest BCUT2D eigenvalue weighted by atomic mass is 19.1. The van der Waals surface area contributed by atoms with Crippen LogP contribution in [-0.2, 0) is 0 Å². The molecule has 0 radical (unpaired) electrons. The van der Waals surface area contributed by atoms with Crippen LogP contribution >= 0.6 is 0 Å². The molecular weight excluding hydrogens is 185 g/mol. The fourth-order valence-electron chi connectivity index (χ4n) is 1.26. The van der Waals surface area contributed by atoms with E-state index in [1.165, 1.54) is 19.4 Å². The summed E-state index contributed by atoms with van der Waals surface area (Å²) in [6.45, 7) is 0. The average Bonchev–Trinajstić information content (AvgIpc) is 2.70. The van der Waals surface area contributed by atoms with E-state index >= 15 is 0 Å². The van der Waals surface area contributed by atoms with Crippen molar-refractivity contribution in [3.05, 3.63) is 36.3 Å². The molecule has 0 atom stereocenters. The number of aromatic nitrogens is 1. The van der Waals surface area contributed by atoms with Crippen LogP contribution in [0.15, 0.2) is 35.1 Å². The molecule has 0 saturated heterocycles. The Morgan fingerprint density at radius 1 is 1.36 bits per heavy atom. The van der Waals surface area contributed by atoms with E-state index in [-0.39, 0.29) is 5.82 Å². The van der Waals surface area contributed by atoms with Crippen molar-refractivity contribution in [2.75, 3.05) is 7.11 Å². The number of methoxy groups -OCH3 is 1. The van der Waals surface area contributed by atoms with E-state index in [0.717, 1.165) is 0 Å². The zero-order valence-electron chi connectivity index (χ0n) is 7.53. The van der Waals surface area contributed by atoms with Gasteiger partial charge in [0.05, 0.1) is 12.7 Å². The van der Waals surface area contributed by atoms with Gasteiger partial charge in [-0.25, -0.2) is 4.39 Å². The van der Waals surface area contributed by atoms with Gasteiger partial charge < -0.3 is 9.26 Å². The molecule has 0 amide bonds. The van der Waals surface area contributed by atoms with Gasteiger partial charge in [0.1, 0.15) is 23.5 Å². The van der Waals surface area contributed by atoms with Crippen molar-refractivity contribution in [2.45, 2.75) is 0 Å². The Labute approximate surface area is 80.1 Å². The summed E-state index contributed by atoms with van der Waals surface area (Å²) in [5.74, 6) is 0.0668. The van der Waals surface area contributed by atoms with E-state index in [9.17, 15) is 4.39 Å². The van der Waals surface area contributed by atoms with Gasteiger partial charge in [0.15, 0.2) is 0 Å². The van der Waals surface area contributed by atoms with E-state index < -0.39 is 0 Å². The molecule has 0 aliphatic rings. The van der Waals surface area contributed by atoms with Gasteiger partial charge >= 0.3 is 0 Å². The van der Waals surface area contributed by atoms with E-state index in [1.807, 2.05) is 0 Å². The average molecular weight is 193 g/mol. The normalized spacial score (nSPS) is 10.1. The summed E-state index contributed by atoms with van der Waals surface area (Å²) in [5, 5.41) is 3.66. The largest absolute Gasteiger partial charge is 0.496 e. The Hall–Kier alpha value is -1.84. The maximum atomic E-state index is 13.4. The highest BCUT2D eigenvalue weighted by Crippen LogP contribution is 2.30. The van der Waals surface area contributed by atoms with Gasteiger partial charge in [-0.05, 0) is 12.1 Å². The number of benzene rings is 1. The lowest BCUT2D eigenvalue weighted by Crippen LogP contribution is -1.91. The molecular formula is C10H8FNO2. The maximum absolute atomic E-state index is 13.4. The monoisotopic (exact) mass is 193 g/mol. The molecule has 1 aromatic heterocycles. The van der Waals surface area contributed by atoms with Gasteiger partial charge in [-0.3, -0.25) is 0 Å². The maximum Gasteiger partial charge on any atom is 0.136 e. The SMILES string of the molecule is COc1cccc(F)c1-c1ccon1. The molecule has 1 aromatic carbocycles. The molecule has 0 unspecified atom stereocenters. The second kappa shape index (κ2) is 3.49. The Morgan fingerprint density at radius 2 is 2.21 bits per heavy atom. The van der Waals surface area contributed by atoms with Gasteiger partial charge in [-0.15, -0.1) is 0 Å². The third kappa shape index (κ3) is 1.35. The van der Waals surface area contributed by atoms with Gasteiger partial charge in [0.2, 0.25) is 0 Å². The van der Waals surface area contributed by atoms with Crippen LogP contribution in [0, 0.1) is 5.82 Å². The van der Waals surface area contributed by atoms with E-state index in [4.69, 9.17) is 4.74 Å². The zero-order valence-corrected chi connectivity index (χ0v) is 7.53. The summed E-state index contributed by atoms with van der Waals surface area (Å²) in [6.07, 6.45) is 1.39. The molecule has 3 nitrogen and oxygen atoms in total. The number of ether oxygens (including phenoxy) is 1. The molecule has 0 fully saturated rings. The summed E-state index contributed by atoms with van der Waals surface area (Å²) in [7, 11) is 1.48. The lowest BCUT2D eigenvalue weighted by Gasteiger charge is -2.05. The number of halogens is 1. The van der Waals surface area contributed by atoms with Crippen molar-refractivity contribution >= 4 is 0 Å². The summed E-state index contributed by atoms with van der Waals surface area (Å²) >= 11 is 0. The molecule has 1 heterocycles. The second-order valence-corrected chi connectivity index (χ2v) is 2.70. The number of hydrogen-bond acceptors (Lipinski definition) is 3. The Bertz CT molecular complexity index is 426. The lowest BCUT2D eigenvalue weighted by molar-refractivity contribution is 0.408. The van der Waals surface area contributed by atoms with Crippen LogP contribution in [0.3, 0.4) is 0 Å². The van der Waals surface area contributed by atoms with Crippen LogP contribution in [0.25, 0.3) is 11.3 Å². The molecule has 0 aliphatic heterocycles. The summed E-state index contributed by atoms with van der Waals surface area (Å²) in [6, 6.07) is 6.19.